The molecule has 0 heterocycles. The average molecular weight is 435 g/mol. The first-order chi connectivity index (χ1) is 14.2. The lowest BCUT2D eigenvalue weighted by atomic mass is 10.2. The van der Waals surface area contributed by atoms with Crippen LogP contribution >= 0.6 is 11.6 Å². The molecule has 4 nitrogen and oxygen atoms in total. The Labute approximate surface area is 176 Å². The Morgan fingerprint density at radius 1 is 0.933 bits per heavy atom. The minimum absolute atomic E-state index is 0.0257. The monoisotopic (exact) mass is 434 g/mol. The lowest BCUT2D eigenvalue weighted by Crippen LogP contribution is -2.19. The van der Waals surface area contributed by atoms with Gasteiger partial charge < -0.3 is 15.4 Å². The molecule has 0 aliphatic heterocycles. The molecule has 0 bridgehead atoms. The maximum atomic E-state index is 12.9. The Kier molecular flexibility index (Phi) is 6.52. The standard InChI is InChI=1S/C22H18ClF3N2O2/c1-14-2-4-15(5-3-14)13-30-18-9-6-16(7-10-18)27-21(29)28-17-8-11-20(23)19(12-17)22(24,25)26/h2-12H,13H2,1H3,(H2,27,28,29). The van der Waals surface area contributed by atoms with Gasteiger partial charge in [0.05, 0.1) is 10.6 Å². The van der Waals surface area contributed by atoms with Crippen molar-refractivity contribution in [2.45, 2.75) is 19.7 Å². The maximum Gasteiger partial charge on any atom is 0.417 e. The number of carbonyl (C=O) groups excluding carboxylic acids is 1. The van der Waals surface area contributed by atoms with E-state index in [1.54, 1.807) is 24.3 Å². The summed E-state index contributed by atoms with van der Waals surface area (Å²) < 4.78 is 44.4. The minimum Gasteiger partial charge on any atom is -0.489 e. The molecule has 0 atom stereocenters. The van der Waals surface area contributed by atoms with Gasteiger partial charge in [-0.25, -0.2) is 4.79 Å². The van der Waals surface area contributed by atoms with Crippen molar-refractivity contribution < 1.29 is 22.7 Å². The number of anilines is 2. The fourth-order valence-electron chi connectivity index (χ4n) is 2.60. The summed E-state index contributed by atoms with van der Waals surface area (Å²) >= 11 is 5.57. The van der Waals surface area contributed by atoms with E-state index in [0.717, 1.165) is 17.7 Å². The van der Waals surface area contributed by atoms with Gasteiger partial charge in [-0.1, -0.05) is 41.4 Å². The summed E-state index contributed by atoms with van der Waals surface area (Å²) in [6, 6.07) is 17.1. The number of aryl methyl sites for hydroxylation is 1. The highest BCUT2D eigenvalue weighted by atomic mass is 35.5. The van der Waals surface area contributed by atoms with Crippen molar-refractivity contribution >= 4 is 29.0 Å². The summed E-state index contributed by atoms with van der Waals surface area (Å²) in [5.74, 6) is 0.619. The normalized spacial score (nSPS) is 11.1. The second kappa shape index (κ2) is 9.09. The predicted molar refractivity (Wildman–Crippen MR) is 111 cm³/mol. The van der Waals surface area contributed by atoms with Crippen LogP contribution in [-0.4, -0.2) is 6.03 Å². The van der Waals surface area contributed by atoms with Gasteiger partial charge in [0, 0.05) is 11.4 Å². The first-order valence-electron chi connectivity index (χ1n) is 8.94. The van der Waals surface area contributed by atoms with E-state index in [1.807, 2.05) is 31.2 Å². The molecule has 2 N–H and O–H groups in total. The molecule has 0 aliphatic carbocycles. The number of halogens is 4. The molecule has 3 rings (SSSR count). The van der Waals surface area contributed by atoms with Crippen molar-refractivity contribution in [3.05, 3.63) is 88.4 Å². The zero-order chi connectivity index (χ0) is 21.7. The van der Waals surface area contributed by atoms with E-state index in [2.05, 4.69) is 10.6 Å². The van der Waals surface area contributed by atoms with Gasteiger partial charge in [-0.05, 0) is 55.0 Å². The van der Waals surface area contributed by atoms with E-state index in [-0.39, 0.29) is 5.69 Å². The Balaban J connectivity index is 1.56. The topological polar surface area (TPSA) is 50.4 Å². The molecule has 30 heavy (non-hydrogen) atoms. The maximum absolute atomic E-state index is 12.9. The van der Waals surface area contributed by atoms with E-state index in [9.17, 15) is 18.0 Å². The first kappa shape index (κ1) is 21.5. The van der Waals surface area contributed by atoms with E-state index in [0.29, 0.717) is 18.0 Å². The number of urea groups is 1. The average Bonchev–Trinajstić information content (AvgIpc) is 2.69. The van der Waals surface area contributed by atoms with Crippen LogP contribution in [0, 0.1) is 6.92 Å². The highest BCUT2D eigenvalue weighted by Crippen LogP contribution is 2.36. The summed E-state index contributed by atoms with van der Waals surface area (Å²) in [5.41, 5.74) is 1.61. The summed E-state index contributed by atoms with van der Waals surface area (Å²) in [7, 11) is 0. The molecule has 156 valence electrons. The molecule has 0 saturated carbocycles. The van der Waals surface area contributed by atoms with Crippen molar-refractivity contribution in [2.75, 3.05) is 10.6 Å². The van der Waals surface area contributed by atoms with Crippen LogP contribution < -0.4 is 15.4 Å². The molecule has 0 unspecified atom stereocenters. The van der Waals surface area contributed by atoms with Crippen molar-refractivity contribution in [1.82, 2.24) is 0 Å². The molecule has 0 saturated heterocycles. The fourth-order valence-corrected chi connectivity index (χ4v) is 2.82. The molecule has 3 aromatic rings. The first-order valence-corrected chi connectivity index (χ1v) is 9.32. The van der Waals surface area contributed by atoms with Crippen molar-refractivity contribution in [3.8, 4) is 5.75 Å². The molecule has 8 heteroatoms. The van der Waals surface area contributed by atoms with E-state index in [4.69, 9.17) is 16.3 Å². The molecule has 3 aromatic carbocycles. The van der Waals surface area contributed by atoms with Crippen LogP contribution in [0.4, 0.5) is 29.3 Å². The number of carbonyl (C=O) groups is 1. The summed E-state index contributed by atoms with van der Waals surface area (Å²) in [5, 5.41) is 4.47. The molecule has 0 fully saturated rings. The van der Waals surface area contributed by atoms with E-state index in [1.165, 1.54) is 11.6 Å². The molecule has 0 aliphatic rings. The SMILES string of the molecule is Cc1ccc(COc2ccc(NC(=O)Nc3ccc(Cl)c(C(F)(F)F)c3)cc2)cc1. The molecule has 0 radical (unpaired) electrons. The number of ether oxygens (including phenoxy) is 1. The lowest BCUT2D eigenvalue weighted by Gasteiger charge is -2.12. The van der Waals surface area contributed by atoms with Crippen LogP contribution in [-0.2, 0) is 12.8 Å². The molecular weight excluding hydrogens is 417 g/mol. The highest BCUT2D eigenvalue weighted by Gasteiger charge is 2.33. The molecule has 0 spiro atoms. The van der Waals surface area contributed by atoms with Gasteiger partial charge in [0.2, 0.25) is 0 Å². The number of hydrogen-bond donors (Lipinski definition) is 2. The summed E-state index contributed by atoms with van der Waals surface area (Å²) in [4.78, 5) is 12.1. The van der Waals surface area contributed by atoms with Crippen LogP contribution in [0.3, 0.4) is 0 Å². The van der Waals surface area contributed by atoms with Crippen molar-refractivity contribution in [3.63, 3.8) is 0 Å². The fraction of sp³-hybridized carbons (Fsp3) is 0.136. The Bertz CT molecular complexity index is 1020. The summed E-state index contributed by atoms with van der Waals surface area (Å²) in [6.07, 6.45) is -4.61. The van der Waals surface area contributed by atoms with Crippen molar-refractivity contribution in [1.29, 1.82) is 0 Å². The van der Waals surface area contributed by atoms with E-state index < -0.39 is 22.8 Å². The van der Waals surface area contributed by atoms with Crippen LogP contribution in [0.2, 0.25) is 5.02 Å². The zero-order valence-electron chi connectivity index (χ0n) is 15.9. The number of amides is 2. The van der Waals surface area contributed by atoms with Gasteiger partial charge in [-0.2, -0.15) is 13.2 Å². The third-order valence-electron chi connectivity index (χ3n) is 4.17. The quantitative estimate of drug-likeness (QED) is 0.459. The number of rotatable bonds is 5. The Hall–Kier alpha value is -3.19. The zero-order valence-corrected chi connectivity index (χ0v) is 16.6. The highest BCUT2D eigenvalue weighted by molar-refractivity contribution is 6.31. The minimum atomic E-state index is -4.61. The van der Waals surface area contributed by atoms with Gasteiger partial charge in [0.15, 0.2) is 0 Å². The van der Waals surface area contributed by atoms with Gasteiger partial charge in [0.1, 0.15) is 12.4 Å². The van der Waals surface area contributed by atoms with Gasteiger partial charge in [-0.3, -0.25) is 0 Å². The second-order valence-electron chi connectivity index (χ2n) is 6.57. The molecule has 2 amide bonds. The summed E-state index contributed by atoms with van der Waals surface area (Å²) in [6.45, 7) is 2.42. The second-order valence-corrected chi connectivity index (χ2v) is 6.98. The van der Waals surface area contributed by atoms with Crippen LogP contribution in [0.5, 0.6) is 5.75 Å². The number of hydrogen-bond acceptors (Lipinski definition) is 2. The van der Waals surface area contributed by atoms with Crippen LogP contribution in [0.15, 0.2) is 66.7 Å². The van der Waals surface area contributed by atoms with Gasteiger partial charge >= 0.3 is 12.2 Å². The third kappa shape index (κ3) is 5.90. The smallest absolute Gasteiger partial charge is 0.417 e. The molecule has 0 aromatic heterocycles. The van der Waals surface area contributed by atoms with Gasteiger partial charge in [-0.15, -0.1) is 0 Å². The number of benzene rings is 3. The number of alkyl halides is 3. The van der Waals surface area contributed by atoms with Crippen LogP contribution in [0.25, 0.3) is 0 Å². The Morgan fingerprint density at radius 2 is 1.53 bits per heavy atom. The number of nitrogens with one attached hydrogen (secondary N) is 2. The van der Waals surface area contributed by atoms with Crippen molar-refractivity contribution in [2.24, 2.45) is 0 Å². The van der Waals surface area contributed by atoms with E-state index >= 15 is 0 Å². The third-order valence-corrected chi connectivity index (χ3v) is 4.50. The predicted octanol–water partition coefficient (Wildman–Crippen LogP) is 6.89. The largest absolute Gasteiger partial charge is 0.489 e. The van der Waals surface area contributed by atoms with Crippen LogP contribution in [0.1, 0.15) is 16.7 Å². The van der Waals surface area contributed by atoms with Gasteiger partial charge in [0.25, 0.3) is 0 Å². The lowest BCUT2D eigenvalue weighted by molar-refractivity contribution is -0.137. The Morgan fingerprint density at radius 3 is 2.17 bits per heavy atom. The molecular formula is C22H18ClF3N2O2.